The van der Waals surface area contributed by atoms with Crippen molar-refractivity contribution in [3.05, 3.63) is 40.3 Å². The van der Waals surface area contributed by atoms with Crippen LogP contribution in [0.2, 0.25) is 0 Å². The van der Waals surface area contributed by atoms with Gasteiger partial charge in [0.25, 0.3) is 0 Å². The van der Waals surface area contributed by atoms with Crippen LogP contribution in [-0.2, 0) is 0 Å². The number of anilines is 1. The Morgan fingerprint density at radius 2 is 1.84 bits per heavy atom. The van der Waals surface area contributed by atoms with Gasteiger partial charge >= 0.3 is 0 Å². The molecular formula is C15H15N3S. The van der Waals surface area contributed by atoms with E-state index in [1.54, 1.807) is 11.3 Å². The molecule has 3 aromatic rings. The number of hydrogen-bond acceptors (Lipinski definition) is 4. The molecule has 0 saturated carbocycles. The highest BCUT2D eigenvalue weighted by Crippen LogP contribution is 2.31. The fourth-order valence-electron chi connectivity index (χ4n) is 2.18. The van der Waals surface area contributed by atoms with E-state index < -0.39 is 0 Å². The Morgan fingerprint density at radius 3 is 2.53 bits per heavy atom. The molecule has 0 saturated heterocycles. The third-order valence-corrected chi connectivity index (χ3v) is 4.49. The van der Waals surface area contributed by atoms with E-state index >= 15 is 0 Å². The second kappa shape index (κ2) is 4.31. The van der Waals surface area contributed by atoms with Gasteiger partial charge in [0.15, 0.2) is 5.82 Å². The monoisotopic (exact) mass is 269 g/mol. The van der Waals surface area contributed by atoms with E-state index in [1.165, 1.54) is 10.4 Å². The fourth-order valence-corrected chi connectivity index (χ4v) is 3.15. The van der Waals surface area contributed by atoms with E-state index in [0.717, 1.165) is 27.2 Å². The molecule has 0 fully saturated rings. The van der Waals surface area contributed by atoms with Gasteiger partial charge in [-0.1, -0.05) is 12.1 Å². The van der Waals surface area contributed by atoms with Crippen molar-refractivity contribution in [1.82, 2.24) is 9.97 Å². The highest BCUT2D eigenvalue weighted by atomic mass is 32.1. The van der Waals surface area contributed by atoms with Crippen LogP contribution in [0.5, 0.6) is 0 Å². The lowest BCUT2D eigenvalue weighted by Crippen LogP contribution is -1.98. The van der Waals surface area contributed by atoms with Crippen LogP contribution in [0.1, 0.15) is 16.0 Å². The van der Waals surface area contributed by atoms with Crippen LogP contribution in [-0.4, -0.2) is 9.97 Å². The van der Waals surface area contributed by atoms with Crippen LogP contribution >= 0.6 is 11.3 Å². The van der Waals surface area contributed by atoms with Gasteiger partial charge in [-0.05, 0) is 44.0 Å². The molecule has 0 spiro atoms. The highest BCUT2D eigenvalue weighted by molar-refractivity contribution is 7.15. The molecule has 0 aliphatic rings. The Morgan fingerprint density at radius 1 is 1.05 bits per heavy atom. The van der Waals surface area contributed by atoms with Crippen LogP contribution in [0.3, 0.4) is 0 Å². The van der Waals surface area contributed by atoms with Crippen molar-refractivity contribution < 1.29 is 0 Å². The average molecular weight is 269 g/mol. The van der Waals surface area contributed by atoms with Crippen molar-refractivity contribution in [2.75, 3.05) is 5.73 Å². The summed E-state index contributed by atoms with van der Waals surface area (Å²) >= 11 is 1.71. The van der Waals surface area contributed by atoms with Crippen molar-refractivity contribution in [3.8, 4) is 10.7 Å². The van der Waals surface area contributed by atoms with Crippen LogP contribution < -0.4 is 5.73 Å². The zero-order valence-corrected chi connectivity index (χ0v) is 12.0. The summed E-state index contributed by atoms with van der Waals surface area (Å²) in [5.41, 5.74) is 9.38. The molecule has 1 aromatic carbocycles. The lowest BCUT2D eigenvalue weighted by molar-refractivity contribution is 1.24. The van der Waals surface area contributed by atoms with Crippen molar-refractivity contribution in [2.45, 2.75) is 20.8 Å². The van der Waals surface area contributed by atoms with E-state index in [1.807, 2.05) is 25.1 Å². The predicted octanol–water partition coefficient (Wildman–Crippen LogP) is 3.87. The largest absolute Gasteiger partial charge is 0.383 e. The van der Waals surface area contributed by atoms with Gasteiger partial charge in [0.1, 0.15) is 5.82 Å². The maximum absolute atomic E-state index is 6.09. The van der Waals surface area contributed by atoms with Gasteiger partial charge in [0.2, 0.25) is 0 Å². The van der Waals surface area contributed by atoms with Gasteiger partial charge in [-0.3, -0.25) is 0 Å². The van der Waals surface area contributed by atoms with Crippen LogP contribution in [0, 0.1) is 20.8 Å². The SMILES string of the molecule is Cc1cc(-c2nc(N)c3c(C)cccc3n2)sc1C. The predicted molar refractivity (Wildman–Crippen MR) is 81.5 cm³/mol. The maximum Gasteiger partial charge on any atom is 0.172 e. The summed E-state index contributed by atoms with van der Waals surface area (Å²) in [6.45, 7) is 6.24. The molecule has 2 N–H and O–H groups in total. The molecule has 0 atom stereocenters. The van der Waals surface area contributed by atoms with Crippen LogP contribution in [0.25, 0.3) is 21.6 Å². The molecular weight excluding hydrogens is 254 g/mol. The van der Waals surface area contributed by atoms with Crippen molar-refractivity contribution in [1.29, 1.82) is 0 Å². The van der Waals surface area contributed by atoms with E-state index in [2.05, 4.69) is 29.9 Å². The lowest BCUT2D eigenvalue weighted by atomic mass is 10.1. The third kappa shape index (κ3) is 1.98. The number of aryl methyl sites for hydroxylation is 3. The Bertz CT molecular complexity index is 755. The Kier molecular flexibility index (Phi) is 2.75. The number of fused-ring (bicyclic) bond motifs is 1. The minimum absolute atomic E-state index is 0.557. The summed E-state index contributed by atoms with van der Waals surface area (Å²) in [6, 6.07) is 8.13. The quantitative estimate of drug-likeness (QED) is 0.729. The molecule has 3 rings (SSSR count). The van der Waals surface area contributed by atoms with Gasteiger partial charge in [-0.25, -0.2) is 9.97 Å². The molecule has 0 amide bonds. The van der Waals surface area contributed by atoms with Crippen LogP contribution in [0.4, 0.5) is 5.82 Å². The van der Waals surface area contributed by atoms with Gasteiger partial charge in [0.05, 0.1) is 10.4 Å². The molecule has 0 radical (unpaired) electrons. The van der Waals surface area contributed by atoms with Crippen molar-refractivity contribution in [2.24, 2.45) is 0 Å². The number of rotatable bonds is 1. The molecule has 4 heteroatoms. The van der Waals surface area contributed by atoms with E-state index in [4.69, 9.17) is 5.73 Å². The second-order valence-corrected chi connectivity index (χ2v) is 6.01. The van der Waals surface area contributed by atoms with E-state index in [9.17, 15) is 0 Å². The number of hydrogen-bond donors (Lipinski definition) is 1. The first-order chi connectivity index (χ1) is 9.06. The number of thiophene rings is 1. The summed E-state index contributed by atoms with van der Waals surface area (Å²) in [6.07, 6.45) is 0. The minimum atomic E-state index is 0.557. The van der Waals surface area contributed by atoms with Gasteiger partial charge < -0.3 is 5.73 Å². The summed E-state index contributed by atoms with van der Waals surface area (Å²) in [4.78, 5) is 11.5. The minimum Gasteiger partial charge on any atom is -0.383 e. The zero-order chi connectivity index (χ0) is 13.6. The Hall–Kier alpha value is -1.94. The van der Waals surface area contributed by atoms with E-state index in [0.29, 0.717) is 5.82 Å². The standard InChI is InChI=1S/C15H15N3S/c1-8-5-4-6-11-13(8)14(16)18-15(17-11)12-7-9(2)10(3)19-12/h4-7H,1-3H3,(H2,16,17,18). The van der Waals surface area contributed by atoms with Crippen molar-refractivity contribution in [3.63, 3.8) is 0 Å². The molecule has 0 aliphatic heterocycles. The smallest absolute Gasteiger partial charge is 0.172 e. The first kappa shape index (κ1) is 12.1. The number of nitrogens with zero attached hydrogens (tertiary/aromatic N) is 2. The summed E-state index contributed by atoms with van der Waals surface area (Å²) in [5, 5.41) is 0.955. The maximum atomic E-state index is 6.09. The first-order valence-electron chi connectivity index (χ1n) is 6.16. The number of nitrogen functional groups attached to an aromatic ring is 1. The molecule has 3 nitrogen and oxygen atoms in total. The van der Waals surface area contributed by atoms with Gasteiger partial charge in [-0.15, -0.1) is 11.3 Å². The average Bonchev–Trinajstić information content (AvgIpc) is 2.69. The fraction of sp³-hybridized carbons (Fsp3) is 0.200. The van der Waals surface area contributed by atoms with Gasteiger partial charge in [0, 0.05) is 10.3 Å². The number of aromatic nitrogens is 2. The molecule has 0 aliphatic carbocycles. The second-order valence-electron chi connectivity index (χ2n) is 4.75. The number of nitrogens with two attached hydrogens (primary N) is 1. The van der Waals surface area contributed by atoms with Gasteiger partial charge in [-0.2, -0.15) is 0 Å². The molecule has 2 aromatic heterocycles. The zero-order valence-electron chi connectivity index (χ0n) is 11.2. The molecule has 0 unspecified atom stereocenters. The van der Waals surface area contributed by atoms with Crippen molar-refractivity contribution >= 4 is 28.1 Å². The Balaban J connectivity index is 2.26. The summed E-state index contributed by atoms with van der Waals surface area (Å²) in [5.74, 6) is 1.28. The highest BCUT2D eigenvalue weighted by Gasteiger charge is 2.11. The molecule has 96 valence electrons. The Labute approximate surface area is 116 Å². The van der Waals surface area contributed by atoms with E-state index in [-0.39, 0.29) is 0 Å². The normalized spacial score (nSPS) is 11.1. The summed E-state index contributed by atoms with van der Waals surface area (Å²) < 4.78 is 0. The molecule has 19 heavy (non-hydrogen) atoms. The molecule has 0 bridgehead atoms. The first-order valence-corrected chi connectivity index (χ1v) is 6.98. The van der Waals surface area contributed by atoms with Crippen LogP contribution in [0.15, 0.2) is 24.3 Å². The third-order valence-electron chi connectivity index (χ3n) is 3.35. The summed E-state index contributed by atoms with van der Waals surface area (Å²) in [7, 11) is 0. The molecule has 2 heterocycles. The lowest BCUT2D eigenvalue weighted by Gasteiger charge is -2.06. The number of benzene rings is 1. The topological polar surface area (TPSA) is 51.8 Å².